The highest BCUT2D eigenvalue weighted by atomic mass is 35.5. The molecule has 0 spiro atoms. The maximum atomic E-state index is 12.2. The van der Waals surface area contributed by atoms with Crippen molar-refractivity contribution in [2.24, 2.45) is 5.73 Å². The third kappa shape index (κ3) is 4.37. The van der Waals surface area contributed by atoms with E-state index in [0.29, 0.717) is 17.1 Å². The van der Waals surface area contributed by atoms with Crippen LogP contribution in [0.15, 0.2) is 18.2 Å². The first-order chi connectivity index (χ1) is 8.48. The van der Waals surface area contributed by atoms with E-state index in [1.165, 1.54) is 0 Å². The maximum Gasteiger partial charge on any atom is 0.253 e. The number of hydrogen-bond donors (Lipinski definition) is 2. The maximum absolute atomic E-state index is 12.2. The predicted molar refractivity (Wildman–Crippen MR) is 83.3 cm³/mol. The quantitative estimate of drug-likeness (QED) is 0.877. The number of carbonyl (C=O) groups excluding carboxylic acids is 1. The van der Waals surface area contributed by atoms with E-state index in [1.807, 2.05) is 26.8 Å². The number of halogens is 2. The third-order valence-corrected chi connectivity index (χ3v) is 3.80. The molecule has 3 N–H and O–H groups in total. The fraction of sp³-hybridized carbons (Fsp3) is 0.500. The van der Waals surface area contributed by atoms with E-state index in [1.54, 1.807) is 12.1 Å². The van der Waals surface area contributed by atoms with Crippen molar-refractivity contribution in [3.8, 4) is 0 Å². The molecule has 108 valence electrons. The van der Waals surface area contributed by atoms with Gasteiger partial charge in [-0.25, -0.2) is 0 Å². The van der Waals surface area contributed by atoms with Gasteiger partial charge in [-0.3, -0.25) is 4.79 Å². The van der Waals surface area contributed by atoms with Gasteiger partial charge in [-0.15, -0.1) is 12.4 Å². The molecule has 0 saturated carbocycles. The van der Waals surface area contributed by atoms with Gasteiger partial charge in [0.2, 0.25) is 0 Å². The van der Waals surface area contributed by atoms with E-state index in [4.69, 9.17) is 17.3 Å². The molecule has 0 atom stereocenters. The van der Waals surface area contributed by atoms with Crippen molar-refractivity contribution in [2.75, 3.05) is 6.54 Å². The van der Waals surface area contributed by atoms with Gasteiger partial charge in [-0.1, -0.05) is 31.5 Å². The van der Waals surface area contributed by atoms with Gasteiger partial charge in [-0.2, -0.15) is 0 Å². The fourth-order valence-electron chi connectivity index (χ4n) is 1.88. The number of aryl methyl sites for hydroxylation is 1. The van der Waals surface area contributed by atoms with Crippen LogP contribution in [0.2, 0.25) is 5.02 Å². The van der Waals surface area contributed by atoms with E-state index in [-0.39, 0.29) is 23.9 Å². The summed E-state index contributed by atoms with van der Waals surface area (Å²) >= 11 is 6.09. The smallest absolute Gasteiger partial charge is 0.253 e. The first-order valence-electron chi connectivity index (χ1n) is 6.26. The van der Waals surface area contributed by atoms with Gasteiger partial charge in [-0.05, 0) is 37.5 Å². The predicted octanol–water partition coefficient (Wildman–Crippen LogP) is 3.32. The minimum atomic E-state index is -0.342. The number of benzene rings is 1. The Kier molecular flexibility index (Phi) is 7.42. The largest absolute Gasteiger partial charge is 0.345 e. The van der Waals surface area contributed by atoms with Crippen LogP contribution in [0.4, 0.5) is 0 Å². The Balaban J connectivity index is 0.00000324. The summed E-state index contributed by atoms with van der Waals surface area (Å²) in [5, 5.41) is 3.49. The molecule has 5 heteroatoms. The van der Waals surface area contributed by atoms with Crippen molar-refractivity contribution >= 4 is 29.9 Å². The number of rotatable bonds is 5. The van der Waals surface area contributed by atoms with Crippen LogP contribution in [0.1, 0.15) is 42.6 Å². The Bertz CT molecular complexity index is 423. The SMILES string of the molecule is CCC(CC)(CN)NC(=O)c1ccc(C)cc1Cl.Cl. The summed E-state index contributed by atoms with van der Waals surface area (Å²) < 4.78 is 0. The summed E-state index contributed by atoms with van der Waals surface area (Å²) in [6.45, 7) is 6.41. The van der Waals surface area contributed by atoms with E-state index in [9.17, 15) is 4.79 Å². The number of hydrogen-bond acceptors (Lipinski definition) is 2. The van der Waals surface area contributed by atoms with Crippen molar-refractivity contribution < 1.29 is 4.79 Å². The Morgan fingerprint density at radius 3 is 2.37 bits per heavy atom. The molecule has 0 radical (unpaired) electrons. The van der Waals surface area contributed by atoms with Crippen molar-refractivity contribution in [2.45, 2.75) is 39.2 Å². The van der Waals surface area contributed by atoms with E-state index in [2.05, 4.69) is 5.32 Å². The zero-order valence-electron chi connectivity index (χ0n) is 11.6. The number of nitrogens with two attached hydrogens (primary N) is 1. The summed E-state index contributed by atoms with van der Waals surface area (Å²) in [4.78, 5) is 12.2. The van der Waals surface area contributed by atoms with Gasteiger partial charge >= 0.3 is 0 Å². The summed E-state index contributed by atoms with van der Waals surface area (Å²) in [5.41, 5.74) is 6.96. The number of amides is 1. The van der Waals surface area contributed by atoms with Gasteiger partial charge in [0.15, 0.2) is 0 Å². The molecular formula is C14H22Cl2N2O. The molecule has 1 aromatic carbocycles. The Morgan fingerprint density at radius 2 is 1.95 bits per heavy atom. The van der Waals surface area contributed by atoms with Crippen LogP contribution < -0.4 is 11.1 Å². The monoisotopic (exact) mass is 304 g/mol. The van der Waals surface area contributed by atoms with Crippen LogP contribution in [0.25, 0.3) is 0 Å². The first kappa shape index (κ1) is 18.2. The fourth-order valence-corrected chi connectivity index (χ4v) is 2.20. The average Bonchev–Trinajstić information content (AvgIpc) is 2.36. The molecule has 0 heterocycles. The van der Waals surface area contributed by atoms with E-state index >= 15 is 0 Å². The van der Waals surface area contributed by atoms with Crippen LogP contribution >= 0.6 is 24.0 Å². The zero-order valence-corrected chi connectivity index (χ0v) is 13.2. The molecular weight excluding hydrogens is 283 g/mol. The van der Waals surface area contributed by atoms with Crippen LogP contribution in [0, 0.1) is 6.92 Å². The first-order valence-corrected chi connectivity index (χ1v) is 6.64. The van der Waals surface area contributed by atoms with Crippen LogP contribution in [0.3, 0.4) is 0 Å². The molecule has 0 aliphatic rings. The number of nitrogens with one attached hydrogen (secondary N) is 1. The second-order valence-electron chi connectivity index (χ2n) is 4.63. The standard InChI is InChI=1S/C14H21ClN2O.ClH/c1-4-14(5-2,9-16)17-13(18)11-7-6-10(3)8-12(11)15;/h6-8H,4-5,9,16H2,1-3H3,(H,17,18);1H. The molecule has 0 bridgehead atoms. The van der Waals surface area contributed by atoms with Gasteiger partial charge in [0.05, 0.1) is 16.1 Å². The molecule has 1 rings (SSSR count). The second-order valence-corrected chi connectivity index (χ2v) is 5.04. The molecule has 0 aliphatic heterocycles. The van der Waals surface area contributed by atoms with Crippen LogP contribution in [-0.2, 0) is 0 Å². The lowest BCUT2D eigenvalue weighted by Crippen LogP contribution is -2.52. The topological polar surface area (TPSA) is 55.1 Å². The minimum absolute atomic E-state index is 0. The minimum Gasteiger partial charge on any atom is -0.345 e. The highest BCUT2D eigenvalue weighted by Gasteiger charge is 2.27. The highest BCUT2D eigenvalue weighted by Crippen LogP contribution is 2.20. The lowest BCUT2D eigenvalue weighted by atomic mass is 9.92. The van der Waals surface area contributed by atoms with Crippen molar-refractivity contribution in [1.82, 2.24) is 5.32 Å². The average molecular weight is 305 g/mol. The molecule has 3 nitrogen and oxygen atoms in total. The van der Waals surface area contributed by atoms with Crippen molar-refractivity contribution in [3.63, 3.8) is 0 Å². The summed E-state index contributed by atoms with van der Waals surface area (Å²) in [5.74, 6) is -0.158. The highest BCUT2D eigenvalue weighted by molar-refractivity contribution is 6.33. The molecule has 1 amide bonds. The Hall–Kier alpha value is -0.770. The van der Waals surface area contributed by atoms with Gasteiger partial charge in [0.25, 0.3) is 5.91 Å². The molecule has 0 unspecified atom stereocenters. The Labute approximate surface area is 126 Å². The summed E-state index contributed by atoms with van der Waals surface area (Å²) in [6.07, 6.45) is 1.60. The molecule has 0 aliphatic carbocycles. The molecule has 0 fully saturated rings. The molecule has 19 heavy (non-hydrogen) atoms. The van der Waals surface area contributed by atoms with Gasteiger partial charge < -0.3 is 11.1 Å². The van der Waals surface area contributed by atoms with Gasteiger partial charge in [0, 0.05) is 6.54 Å². The normalized spacial score (nSPS) is 10.8. The molecule has 1 aromatic rings. The Morgan fingerprint density at radius 1 is 1.37 bits per heavy atom. The summed E-state index contributed by atoms with van der Waals surface area (Å²) in [7, 11) is 0. The van der Waals surface area contributed by atoms with Crippen LogP contribution in [-0.4, -0.2) is 18.0 Å². The molecule has 0 saturated heterocycles. The van der Waals surface area contributed by atoms with Gasteiger partial charge in [0.1, 0.15) is 0 Å². The number of carbonyl (C=O) groups is 1. The lowest BCUT2D eigenvalue weighted by molar-refractivity contribution is 0.0895. The van der Waals surface area contributed by atoms with E-state index < -0.39 is 0 Å². The third-order valence-electron chi connectivity index (χ3n) is 3.49. The second kappa shape index (κ2) is 7.73. The van der Waals surface area contributed by atoms with Crippen molar-refractivity contribution in [3.05, 3.63) is 34.3 Å². The lowest BCUT2D eigenvalue weighted by Gasteiger charge is -2.31. The van der Waals surface area contributed by atoms with Crippen LogP contribution in [0.5, 0.6) is 0 Å². The zero-order chi connectivity index (χ0) is 13.8. The van der Waals surface area contributed by atoms with Crippen molar-refractivity contribution in [1.29, 1.82) is 0 Å². The summed E-state index contributed by atoms with van der Waals surface area (Å²) in [6, 6.07) is 5.42. The molecule has 0 aromatic heterocycles. The van der Waals surface area contributed by atoms with E-state index in [0.717, 1.165) is 18.4 Å².